The first-order chi connectivity index (χ1) is 63.5. The smallest absolute Gasteiger partial charge is 0.387 e. The molecule has 0 bridgehead atoms. The minimum Gasteiger partial charge on any atom is -0.497 e. The van der Waals surface area contributed by atoms with Crippen molar-refractivity contribution >= 4 is 35.8 Å². The van der Waals surface area contributed by atoms with Crippen molar-refractivity contribution in [3.8, 4) is 112 Å². The van der Waals surface area contributed by atoms with Crippen LogP contribution in [0.2, 0.25) is 0 Å². The van der Waals surface area contributed by atoms with E-state index in [2.05, 4.69) is 35.3 Å². The summed E-state index contributed by atoms with van der Waals surface area (Å²) in [5, 5.41) is 79.4. The Bertz CT molecular complexity index is 7130. The van der Waals surface area contributed by atoms with Gasteiger partial charge in [0.05, 0.1) is 100 Å². The Hall–Kier alpha value is -18.0. The number of methoxy groups -OCH3 is 1. The minimum atomic E-state index is -2.89. The summed E-state index contributed by atoms with van der Waals surface area (Å²) in [6, 6.07) is 79.6. The molecule has 0 saturated carbocycles. The highest BCUT2D eigenvalue weighted by Gasteiger charge is 2.17. The Labute approximate surface area is 751 Å². The van der Waals surface area contributed by atoms with E-state index < -0.39 is 42.4 Å². The summed E-state index contributed by atoms with van der Waals surface area (Å²) in [5.74, 6) is -5.63. The van der Waals surface area contributed by atoms with Crippen LogP contribution in [0.5, 0.6) is 11.5 Å². The third kappa shape index (κ3) is 24.0. The number of alkyl halides is 2. The van der Waals surface area contributed by atoms with E-state index in [1.54, 1.807) is 204 Å². The molecule has 0 radical (unpaired) electrons. The molecule has 132 heavy (non-hydrogen) atoms. The number of hydrogen-bond acceptors (Lipinski definition) is 14. The number of aromatic nitrogens is 12. The number of nitrogens with zero attached hydrogens (tertiary/aromatic N) is 12. The molecule has 0 atom stereocenters. The van der Waals surface area contributed by atoms with Gasteiger partial charge in [0.15, 0.2) is 0 Å². The molecule has 0 aliphatic carbocycles. The quantitative estimate of drug-likeness (QED) is 0.0364. The molecular weight excluding hydrogens is 1690 g/mol. The molecule has 6 heterocycles. The molecule has 0 aliphatic rings. The maximum Gasteiger partial charge on any atom is 0.387 e. The maximum atomic E-state index is 14.0. The number of hydrogen-bond donors (Lipinski definition) is 6. The Morgan fingerprint density at radius 1 is 0.265 bits per heavy atom. The lowest BCUT2D eigenvalue weighted by molar-refractivity contribution is -0.0498. The van der Waals surface area contributed by atoms with Crippen LogP contribution in [0, 0.1) is 39.3 Å². The number of aromatic carboxylic acids is 6. The molecule has 18 rings (SSSR count). The standard InChI is InChI=1S/C17H12F2N2O3.2C17H13FN2O2.C17H14N2O3.2C17H14N2O2/c18-17(19)24-15-3-1-2-14(8-15)21-10-13(9-20-21)11-4-6-12(7-5-11)16(22)23;1-11-2-7-16(15(18)8-11)20-10-14(9-19-20)12-3-5-13(6-4-12)17(21)22;1-11-5-6-16(15(18)7-11)20-10-14(9-19-20)12-3-2-4-13(8-12)17(21)22;1-22-16-7-3-6-15(9-16)19-11-14(10-18-19)12-4-2-5-13(8-12)17(20)21;1-12-2-8-16(9-3-12)19-11-15(10-18-19)13-4-6-14(7-5-13)17(20)21;1-12-5-7-16(8-6-12)19-11-15(10-18-19)13-3-2-4-14(9-13)17(20)21/h1-10,17H,(H,22,23);2*2-10H,1H3,(H,21,22);2-11H,1H3,(H,20,21);2*2-11H,1H3,(H,20,21). The third-order valence-electron chi connectivity index (χ3n) is 20.1. The van der Waals surface area contributed by atoms with Crippen LogP contribution in [-0.2, 0) is 0 Å². The SMILES string of the molecule is COc1cccc(-n2cc(-c3cccc(C(=O)O)c3)cn2)c1.Cc1ccc(-n2cc(-c3ccc(C(=O)O)cc3)cn2)c(F)c1.Cc1ccc(-n2cc(-c3ccc(C(=O)O)cc3)cn2)cc1.Cc1ccc(-n2cc(-c3cccc(C(=O)O)c3)cn2)c(F)c1.Cc1ccc(-n2cc(-c3cccc(C(=O)O)c3)cn2)cc1.O=C(O)c1ccc(-c2cnn(-c3cccc(OC(F)F)c3)c2)cc1. The number of ether oxygens (including phenoxy) is 2. The van der Waals surface area contributed by atoms with Crippen molar-refractivity contribution in [2.24, 2.45) is 0 Å². The van der Waals surface area contributed by atoms with E-state index >= 15 is 0 Å². The Kier molecular flexibility index (Phi) is 29.4. The molecule has 6 N–H and O–H groups in total. The van der Waals surface area contributed by atoms with Crippen LogP contribution < -0.4 is 9.47 Å². The normalized spacial score (nSPS) is 10.6. The number of carboxylic acid groups (broad SMARTS) is 6. The van der Waals surface area contributed by atoms with Gasteiger partial charge in [0.1, 0.15) is 34.5 Å². The van der Waals surface area contributed by atoms with Crippen molar-refractivity contribution in [1.82, 2.24) is 58.7 Å². The summed E-state index contributed by atoms with van der Waals surface area (Å²) in [5.41, 5.74) is 19.6. The zero-order valence-electron chi connectivity index (χ0n) is 70.9. The van der Waals surface area contributed by atoms with E-state index in [9.17, 15) is 46.3 Å². The van der Waals surface area contributed by atoms with Crippen molar-refractivity contribution in [2.45, 2.75) is 34.3 Å². The molecule has 18 aromatic rings. The van der Waals surface area contributed by atoms with E-state index in [-0.39, 0.29) is 50.8 Å². The summed E-state index contributed by atoms with van der Waals surface area (Å²) in [6.07, 6.45) is 20.8. The molecule has 30 heteroatoms. The fraction of sp³-hybridized carbons (Fsp3) is 0.0588. The average molecular weight is 1770 g/mol. The summed E-state index contributed by atoms with van der Waals surface area (Å²) in [6.45, 7) is 4.84. The van der Waals surface area contributed by atoms with Gasteiger partial charge in [0, 0.05) is 82.7 Å². The van der Waals surface area contributed by atoms with Crippen molar-refractivity contribution in [2.75, 3.05) is 7.11 Å². The minimum absolute atomic E-state index is 0.0466. The molecule has 12 aromatic carbocycles. The second-order valence-corrected chi connectivity index (χ2v) is 29.5. The predicted octanol–water partition coefficient (Wildman–Crippen LogP) is 21.5. The average Bonchev–Trinajstić information content (AvgIpc) is 1.71. The predicted molar refractivity (Wildman–Crippen MR) is 488 cm³/mol. The van der Waals surface area contributed by atoms with Crippen LogP contribution >= 0.6 is 0 Å². The summed E-state index contributed by atoms with van der Waals surface area (Å²) < 4.78 is 71.8. The van der Waals surface area contributed by atoms with Gasteiger partial charge in [0.2, 0.25) is 0 Å². The lowest BCUT2D eigenvalue weighted by Crippen LogP contribution is -2.02. The first-order valence-electron chi connectivity index (χ1n) is 40.2. The highest BCUT2D eigenvalue weighted by Crippen LogP contribution is 2.31. The zero-order chi connectivity index (χ0) is 93.6. The first-order valence-corrected chi connectivity index (χ1v) is 40.2. The molecule has 0 amide bonds. The van der Waals surface area contributed by atoms with Crippen LogP contribution in [0.15, 0.2) is 353 Å². The zero-order valence-corrected chi connectivity index (χ0v) is 70.9. The van der Waals surface area contributed by atoms with Gasteiger partial charge in [-0.25, -0.2) is 65.6 Å². The van der Waals surface area contributed by atoms with Gasteiger partial charge >= 0.3 is 42.4 Å². The molecule has 26 nitrogen and oxygen atoms in total. The van der Waals surface area contributed by atoms with Gasteiger partial charge in [0.25, 0.3) is 0 Å². The van der Waals surface area contributed by atoms with Crippen LogP contribution in [-0.4, -0.2) is 139 Å². The van der Waals surface area contributed by atoms with Crippen molar-refractivity contribution in [3.05, 3.63) is 421 Å². The molecule has 0 spiro atoms. The van der Waals surface area contributed by atoms with Gasteiger partial charge in [-0.3, -0.25) is 0 Å². The van der Waals surface area contributed by atoms with Crippen molar-refractivity contribution in [1.29, 1.82) is 0 Å². The largest absolute Gasteiger partial charge is 0.497 e. The Morgan fingerprint density at radius 2 is 0.530 bits per heavy atom. The Morgan fingerprint density at radius 3 is 0.826 bits per heavy atom. The number of rotatable bonds is 21. The monoisotopic (exact) mass is 1770 g/mol. The summed E-state index contributed by atoms with van der Waals surface area (Å²) >= 11 is 0. The van der Waals surface area contributed by atoms with Gasteiger partial charge in [-0.05, 0) is 218 Å². The van der Waals surface area contributed by atoms with Crippen molar-refractivity contribution in [3.63, 3.8) is 0 Å². The fourth-order valence-electron chi connectivity index (χ4n) is 13.1. The van der Waals surface area contributed by atoms with Gasteiger partial charge in [-0.2, -0.15) is 39.4 Å². The molecule has 660 valence electrons. The maximum absolute atomic E-state index is 14.0. The molecule has 0 fully saturated rings. The lowest BCUT2D eigenvalue weighted by Gasteiger charge is -2.06. The number of benzene rings is 12. The summed E-state index contributed by atoms with van der Waals surface area (Å²) in [4.78, 5) is 65.6. The van der Waals surface area contributed by atoms with E-state index in [0.29, 0.717) is 17.1 Å². The van der Waals surface area contributed by atoms with Crippen LogP contribution in [0.4, 0.5) is 17.6 Å². The van der Waals surface area contributed by atoms with Crippen LogP contribution in [0.3, 0.4) is 0 Å². The third-order valence-corrected chi connectivity index (χ3v) is 20.1. The molecule has 6 aromatic heterocycles. The topological polar surface area (TPSA) is 349 Å². The highest BCUT2D eigenvalue weighted by molar-refractivity contribution is 5.92. The fourth-order valence-corrected chi connectivity index (χ4v) is 13.1. The number of carboxylic acids is 6. The lowest BCUT2D eigenvalue weighted by atomic mass is 10.1. The number of halogens is 4. The van der Waals surface area contributed by atoms with Crippen LogP contribution in [0.25, 0.3) is 101 Å². The molecule has 0 aliphatic heterocycles. The second kappa shape index (κ2) is 42.4. The summed E-state index contributed by atoms with van der Waals surface area (Å²) in [7, 11) is 1.62. The van der Waals surface area contributed by atoms with Gasteiger partial charge < -0.3 is 40.1 Å². The van der Waals surface area contributed by atoms with Crippen molar-refractivity contribution < 1.29 is 86.4 Å². The van der Waals surface area contributed by atoms with Crippen LogP contribution in [0.1, 0.15) is 84.4 Å². The van der Waals surface area contributed by atoms with Gasteiger partial charge in [-0.1, -0.05) is 132 Å². The molecule has 0 saturated heterocycles. The highest BCUT2D eigenvalue weighted by atomic mass is 19.3. The second-order valence-electron chi connectivity index (χ2n) is 29.5. The first kappa shape index (κ1) is 91.7. The van der Waals surface area contributed by atoms with E-state index in [1.807, 2.05) is 143 Å². The molecule has 0 unspecified atom stereocenters. The van der Waals surface area contributed by atoms with E-state index in [4.69, 9.17) is 35.4 Å². The number of aryl methyl sites for hydroxylation is 4. The van der Waals surface area contributed by atoms with Gasteiger partial charge in [-0.15, -0.1) is 0 Å². The number of carbonyl (C=O) groups is 6. The Balaban J connectivity index is 0.000000135. The molecular formula is C102H80F4N12O14. The van der Waals surface area contributed by atoms with E-state index in [1.165, 1.54) is 79.8 Å². The van der Waals surface area contributed by atoms with E-state index in [0.717, 1.165) is 101 Å².